The normalized spacial score (nSPS) is 16.4. The van der Waals surface area contributed by atoms with Gasteiger partial charge in [0.25, 0.3) is 5.91 Å². The maximum atomic E-state index is 12.8. The first-order chi connectivity index (χ1) is 8.06. The number of nitrogens with one attached hydrogen (secondary N) is 1. The van der Waals surface area contributed by atoms with E-state index in [1.807, 2.05) is 0 Å². The summed E-state index contributed by atoms with van der Waals surface area (Å²) in [5, 5.41) is 2.83. The molecule has 1 fully saturated rings. The van der Waals surface area contributed by atoms with Crippen LogP contribution in [0, 0.1) is 5.82 Å². The average Bonchev–Trinajstić information content (AvgIpc) is 3.06. The highest BCUT2D eigenvalue weighted by molar-refractivity contribution is 5.81. The summed E-state index contributed by atoms with van der Waals surface area (Å²) in [7, 11) is 0. The Bertz CT molecular complexity index is 433. The lowest BCUT2D eigenvalue weighted by atomic mass is 10.3. The van der Waals surface area contributed by atoms with E-state index in [0.29, 0.717) is 11.8 Å². The van der Waals surface area contributed by atoms with Crippen LogP contribution in [0.3, 0.4) is 0 Å². The Balaban J connectivity index is 1.96. The van der Waals surface area contributed by atoms with Gasteiger partial charge in [-0.1, -0.05) is 0 Å². The predicted molar refractivity (Wildman–Crippen MR) is 62.1 cm³/mol. The fraction of sp³-hybridized carbons (Fsp3) is 0.417. The minimum absolute atomic E-state index is 0.170. The highest BCUT2D eigenvalue weighted by Gasteiger charge is 2.26. The van der Waals surface area contributed by atoms with E-state index in [9.17, 15) is 9.18 Å². The Morgan fingerprint density at radius 1 is 1.59 bits per heavy atom. The smallest absolute Gasteiger partial charge is 0.260 e. The van der Waals surface area contributed by atoms with E-state index in [4.69, 9.17) is 10.5 Å². The molecule has 0 spiro atoms. The SMILES string of the molecule is CC(Oc1ccc(F)cc1N)C(=O)NC1CC1. The van der Waals surface area contributed by atoms with E-state index in [2.05, 4.69) is 5.32 Å². The van der Waals surface area contributed by atoms with Crippen LogP contribution in [-0.2, 0) is 4.79 Å². The van der Waals surface area contributed by atoms with Crippen molar-refractivity contribution in [3.05, 3.63) is 24.0 Å². The second-order valence-corrected chi connectivity index (χ2v) is 4.23. The molecule has 2 rings (SSSR count). The molecule has 3 N–H and O–H groups in total. The lowest BCUT2D eigenvalue weighted by molar-refractivity contribution is -0.127. The van der Waals surface area contributed by atoms with Crippen LogP contribution >= 0.6 is 0 Å². The number of rotatable bonds is 4. The lowest BCUT2D eigenvalue weighted by Gasteiger charge is -2.15. The second-order valence-electron chi connectivity index (χ2n) is 4.23. The van der Waals surface area contributed by atoms with Crippen LogP contribution in [0.25, 0.3) is 0 Å². The van der Waals surface area contributed by atoms with Crippen LogP contribution in [0.1, 0.15) is 19.8 Å². The minimum Gasteiger partial charge on any atom is -0.479 e. The molecule has 92 valence electrons. The Morgan fingerprint density at radius 3 is 2.88 bits per heavy atom. The quantitative estimate of drug-likeness (QED) is 0.780. The largest absolute Gasteiger partial charge is 0.479 e. The van der Waals surface area contributed by atoms with Gasteiger partial charge in [0.05, 0.1) is 5.69 Å². The third-order valence-electron chi connectivity index (χ3n) is 2.57. The standard InChI is InChI=1S/C12H15FN2O2/c1-7(12(16)15-9-3-4-9)17-11-5-2-8(13)6-10(11)14/h2,5-7,9H,3-4,14H2,1H3,(H,15,16). The number of anilines is 1. The van der Waals surface area contributed by atoms with E-state index in [1.165, 1.54) is 18.2 Å². The number of ether oxygens (including phenoxy) is 1. The zero-order chi connectivity index (χ0) is 12.4. The molecule has 1 amide bonds. The molecule has 1 unspecified atom stereocenters. The molecule has 0 heterocycles. The number of hydrogen-bond donors (Lipinski definition) is 2. The van der Waals surface area contributed by atoms with Crippen molar-refractivity contribution in [1.29, 1.82) is 0 Å². The summed E-state index contributed by atoms with van der Waals surface area (Å²) in [6.45, 7) is 1.64. The molecule has 1 aliphatic rings. The van der Waals surface area contributed by atoms with Gasteiger partial charge in [0.1, 0.15) is 11.6 Å². The first kappa shape index (κ1) is 11.7. The van der Waals surface area contributed by atoms with Crippen molar-refractivity contribution in [2.45, 2.75) is 31.9 Å². The van der Waals surface area contributed by atoms with Crippen LogP contribution in [-0.4, -0.2) is 18.1 Å². The Hall–Kier alpha value is -1.78. The molecule has 17 heavy (non-hydrogen) atoms. The zero-order valence-corrected chi connectivity index (χ0v) is 9.57. The van der Waals surface area contributed by atoms with Gasteiger partial charge in [-0.25, -0.2) is 4.39 Å². The molecule has 0 aromatic heterocycles. The molecule has 1 aromatic rings. The summed E-state index contributed by atoms with van der Waals surface area (Å²) in [5.41, 5.74) is 5.78. The monoisotopic (exact) mass is 238 g/mol. The van der Waals surface area contributed by atoms with Crippen LogP contribution in [0.15, 0.2) is 18.2 Å². The molecule has 4 nitrogen and oxygen atoms in total. The van der Waals surface area contributed by atoms with Crippen molar-refractivity contribution >= 4 is 11.6 Å². The van der Waals surface area contributed by atoms with Gasteiger partial charge >= 0.3 is 0 Å². The van der Waals surface area contributed by atoms with E-state index in [1.54, 1.807) is 6.92 Å². The van der Waals surface area contributed by atoms with E-state index >= 15 is 0 Å². The maximum Gasteiger partial charge on any atom is 0.260 e. The first-order valence-corrected chi connectivity index (χ1v) is 5.58. The Morgan fingerprint density at radius 2 is 2.29 bits per heavy atom. The van der Waals surface area contributed by atoms with Gasteiger partial charge < -0.3 is 15.8 Å². The van der Waals surface area contributed by atoms with Crippen molar-refractivity contribution in [2.75, 3.05) is 5.73 Å². The molecular formula is C12H15FN2O2. The van der Waals surface area contributed by atoms with Gasteiger partial charge in [-0.15, -0.1) is 0 Å². The summed E-state index contributed by atoms with van der Waals surface area (Å²) >= 11 is 0. The third-order valence-corrected chi connectivity index (χ3v) is 2.57. The van der Waals surface area contributed by atoms with Crippen molar-refractivity contribution in [2.24, 2.45) is 0 Å². The molecule has 1 aromatic carbocycles. The molecule has 0 aliphatic heterocycles. The van der Waals surface area contributed by atoms with Gasteiger partial charge in [-0.2, -0.15) is 0 Å². The van der Waals surface area contributed by atoms with Crippen molar-refractivity contribution in [3.63, 3.8) is 0 Å². The number of hydrogen-bond acceptors (Lipinski definition) is 3. The summed E-state index contributed by atoms with van der Waals surface area (Å²) in [6, 6.07) is 4.13. The third kappa shape index (κ3) is 3.09. The fourth-order valence-electron chi connectivity index (χ4n) is 1.42. The molecule has 0 saturated heterocycles. The van der Waals surface area contributed by atoms with Gasteiger partial charge in [0, 0.05) is 12.1 Å². The maximum absolute atomic E-state index is 12.8. The Kier molecular flexibility index (Phi) is 3.17. The predicted octanol–water partition coefficient (Wildman–Crippen LogP) is 1.45. The van der Waals surface area contributed by atoms with E-state index < -0.39 is 11.9 Å². The summed E-state index contributed by atoms with van der Waals surface area (Å²) in [5.74, 6) is -0.272. The summed E-state index contributed by atoms with van der Waals surface area (Å²) < 4.78 is 18.2. The minimum atomic E-state index is -0.636. The first-order valence-electron chi connectivity index (χ1n) is 5.58. The van der Waals surface area contributed by atoms with Gasteiger partial charge in [-0.05, 0) is 31.9 Å². The highest BCUT2D eigenvalue weighted by Crippen LogP contribution is 2.23. The van der Waals surface area contributed by atoms with Gasteiger partial charge in [0.2, 0.25) is 0 Å². The highest BCUT2D eigenvalue weighted by atomic mass is 19.1. The van der Waals surface area contributed by atoms with Crippen molar-refractivity contribution in [3.8, 4) is 5.75 Å². The number of carbonyl (C=O) groups is 1. The van der Waals surface area contributed by atoms with Crippen LogP contribution in [0.4, 0.5) is 10.1 Å². The average molecular weight is 238 g/mol. The molecule has 1 saturated carbocycles. The molecular weight excluding hydrogens is 223 g/mol. The number of nitrogens with two attached hydrogens (primary N) is 1. The fourth-order valence-corrected chi connectivity index (χ4v) is 1.42. The van der Waals surface area contributed by atoms with E-state index in [0.717, 1.165) is 12.8 Å². The summed E-state index contributed by atoms with van der Waals surface area (Å²) in [6.07, 6.45) is 1.41. The second kappa shape index (κ2) is 4.61. The number of amides is 1. The van der Waals surface area contributed by atoms with Crippen molar-refractivity contribution < 1.29 is 13.9 Å². The van der Waals surface area contributed by atoms with Crippen LogP contribution in [0.2, 0.25) is 0 Å². The molecule has 5 heteroatoms. The number of benzene rings is 1. The summed E-state index contributed by atoms with van der Waals surface area (Å²) in [4.78, 5) is 11.6. The number of carbonyl (C=O) groups excluding carboxylic acids is 1. The molecule has 0 bridgehead atoms. The Labute approximate surface area is 98.9 Å². The van der Waals surface area contributed by atoms with Crippen LogP contribution in [0.5, 0.6) is 5.75 Å². The van der Waals surface area contributed by atoms with Gasteiger partial charge in [0.15, 0.2) is 6.10 Å². The number of nitrogen functional groups attached to an aromatic ring is 1. The van der Waals surface area contributed by atoms with E-state index in [-0.39, 0.29) is 11.6 Å². The topological polar surface area (TPSA) is 64.3 Å². The number of halogens is 1. The molecule has 1 atom stereocenters. The zero-order valence-electron chi connectivity index (χ0n) is 9.57. The van der Waals surface area contributed by atoms with Crippen molar-refractivity contribution in [1.82, 2.24) is 5.32 Å². The lowest BCUT2D eigenvalue weighted by Crippen LogP contribution is -2.37. The van der Waals surface area contributed by atoms with Crippen LogP contribution < -0.4 is 15.8 Å². The molecule has 1 aliphatic carbocycles. The van der Waals surface area contributed by atoms with Gasteiger partial charge in [-0.3, -0.25) is 4.79 Å². The molecule has 0 radical (unpaired) electrons.